The molecule has 0 bridgehead atoms. The molecule has 3 rings (SSSR count). The molecule has 0 aliphatic heterocycles. The Labute approximate surface area is 100 Å². The van der Waals surface area contributed by atoms with Crippen molar-refractivity contribution in [3.63, 3.8) is 0 Å². The van der Waals surface area contributed by atoms with Crippen LogP contribution in [-0.4, -0.2) is 17.3 Å². The molecule has 0 saturated carbocycles. The first-order valence-corrected chi connectivity index (χ1v) is 5.98. The van der Waals surface area contributed by atoms with Crippen molar-refractivity contribution < 1.29 is 14.9 Å². The summed E-state index contributed by atoms with van der Waals surface area (Å²) in [5.41, 5.74) is 1.73. The smallest absolute Gasteiger partial charge is 0.161 e. The molecule has 2 N–H and O–H groups in total. The molecule has 90 valence electrons. The molecule has 2 aliphatic carbocycles. The van der Waals surface area contributed by atoms with Crippen molar-refractivity contribution in [3.05, 3.63) is 35.4 Å². The third-order valence-electron chi connectivity index (χ3n) is 3.95. The van der Waals surface area contributed by atoms with Gasteiger partial charge in [0.1, 0.15) is 0 Å². The van der Waals surface area contributed by atoms with Gasteiger partial charge >= 0.3 is 0 Å². The first kappa shape index (κ1) is 10.7. The second-order valence-corrected chi connectivity index (χ2v) is 4.75. The van der Waals surface area contributed by atoms with Crippen LogP contribution in [0.5, 0.6) is 11.5 Å². The van der Waals surface area contributed by atoms with E-state index >= 15 is 0 Å². The largest absolute Gasteiger partial charge is 0.504 e. The second-order valence-electron chi connectivity index (χ2n) is 4.75. The van der Waals surface area contributed by atoms with Crippen molar-refractivity contribution in [2.45, 2.75) is 24.9 Å². The molecule has 0 saturated heterocycles. The van der Waals surface area contributed by atoms with Crippen LogP contribution in [0.2, 0.25) is 0 Å². The third-order valence-corrected chi connectivity index (χ3v) is 3.95. The summed E-state index contributed by atoms with van der Waals surface area (Å²) in [6.07, 6.45) is 5.67. The summed E-state index contributed by atoms with van der Waals surface area (Å²) in [6, 6.07) is 3.59. The number of aromatic hydroxyl groups is 1. The van der Waals surface area contributed by atoms with E-state index in [0.29, 0.717) is 5.75 Å². The number of benzene rings is 1. The van der Waals surface area contributed by atoms with Crippen molar-refractivity contribution in [2.75, 3.05) is 7.11 Å². The summed E-state index contributed by atoms with van der Waals surface area (Å²) in [5, 5.41) is 20.5. The van der Waals surface area contributed by atoms with Gasteiger partial charge in [-0.3, -0.25) is 0 Å². The van der Waals surface area contributed by atoms with E-state index in [1.54, 1.807) is 13.2 Å². The zero-order valence-corrected chi connectivity index (χ0v) is 9.76. The Morgan fingerprint density at radius 3 is 2.94 bits per heavy atom. The summed E-state index contributed by atoms with van der Waals surface area (Å²) in [5.74, 6) is 1.02. The number of phenols is 1. The predicted molar refractivity (Wildman–Crippen MR) is 64.2 cm³/mol. The Balaban J connectivity index is 2.16. The Hall–Kier alpha value is -1.48. The van der Waals surface area contributed by atoms with Gasteiger partial charge in [-0.15, -0.1) is 0 Å². The highest BCUT2D eigenvalue weighted by atomic mass is 16.5. The Bertz CT molecular complexity index is 479. The molecule has 0 aromatic heterocycles. The number of hydrogen-bond donors (Lipinski definition) is 2. The number of phenolic OH excluding ortho intramolecular Hbond substituents is 1. The quantitative estimate of drug-likeness (QED) is 0.731. The molecule has 0 spiro atoms. The van der Waals surface area contributed by atoms with Crippen LogP contribution < -0.4 is 4.74 Å². The summed E-state index contributed by atoms with van der Waals surface area (Å²) in [4.78, 5) is 0. The minimum absolute atomic E-state index is 0.108. The molecule has 1 aromatic rings. The van der Waals surface area contributed by atoms with Gasteiger partial charge in [0, 0.05) is 11.5 Å². The molecule has 1 aromatic carbocycles. The number of aliphatic hydroxyl groups is 1. The molecular weight excluding hydrogens is 216 g/mol. The maximum absolute atomic E-state index is 10.3. The molecule has 3 heteroatoms. The van der Waals surface area contributed by atoms with Crippen LogP contribution in [0.1, 0.15) is 36.0 Å². The minimum Gasteiger partial charge on any atom is -0.504 e. The lowest BCUT2D eigenvalue weighted by atomic mass is 9.83. The molecule has 3 atom stereocenters. The normalized spacial score (nSPS) is 29.9. The Morgan fingerprint density at radius 1 is 1.35 bits per heavy atom. The fraction of sp³-hybridized carbons (Fsp3) is 0.429. The van der Waals surface area contributed by atoms with E-state index in [2.05, 4.69) is 12.2 Å². The van der Waals surface area contributed by atoms with E-state index in [-0.39, 0.29) is 17.6 Å². The van der Waals surface area contributed by atoms with Crippen LogP contribution in [0.15, 0.2) is 24.3 Å². The first-order chi connectivity index (χ1) is 8.24. The average molecular weight is 232 g/mol. The number of ether oxygens (including phenoxy) is 1. The van der Waals surface area contributed by atoms with Crippen molar-refractivity contribution in [1.82, 2.24) is 0 Å². The number of aliphatic hydroxyl groups excluding tert-OH is 1. The molecule has 0 amide bonds. The molecule has 3 nitrogen and oxygen atoms in total. The van der Waals surface area contributed by atoms with Crippen LogP contribution in [0.4, 0.5) is 0 Å². The first-order valence-electron chi connectivity index (χ1n) is 5.98. The Kier molecular flexibility index (Phi) is 2.37. The highest BCUT2D eigenvalue weighted by Crippen LogP contribution is 2.54. The van der Waals surface area contributed by atoms with Gasteiger partial charge in [0.15, 0.2) is 11.5 Å². The number of allylic oxidation sites excluding steroid dienone is 1. The van der Waals surface area contributed by atoms with E-state index in [1.807, 2.05) is 6.07 Å². The molecule has 2 aliphatic rings. The molecule has 17 heavy (non-hydrogen) atoms. The van der Waals surface area contributed by atoms with Crippen LogP contribution in [0.3, 0.4) is 0 Å². The molecule has 0 fully saturated rings. The minimum atomic E-state index is -0.497. The maximum Gasteiger partial charge on any atom is 0.161 e. The van der Waals surface area contributed by atoms with Gasteiger partial charge in [-0.25, -0.2) is 0 Å². The lowest BCUT2D eigenvalue weighted by molar-refractivity contribution is 0.131. The zero-order chi connectivity index (χ0) is 12.0. The van der Waals surface area contributed by atoms with E-state index in [0.717, 1.165) is 24.0 Å². The van der Waals surface area contributed by atoms with Gasteiger partial charge < -0.3 is 14.9 Å². The van der Waals surface area contributed by atoms with Gasteiger partial charge in [-0.2, -0.15) is 0 Å². The van der Waals surface area contributed by atoms with Gasteiger partial charge in [0.25, 0.3) is 0 Å². The van der Waals surface area contributed by atoms with Crippen LogP contribution >= 0.6 is 0 Å². The van der Waals surface area contributed by atoms with Gasteiger partial charge in [-0.1, -0.05) is 18.2 Å². The standard InChI is InChI=1S/C14H16O3/c1-17-11-7-6-10-12(14(11)16)8-4-2-3-5-9(8)13(10)15/h3,5-9,13,15-16H,2,4H2,1H3/t8-,9+,13+/m0/s1. The predicted octanol–water partition coefficient (Wildman–Crippen LogP) is 2.50. The topological polar surface area (TPSA) is 49.7 Å². The van der Waals surface area contributed by atoms with E-state index in [9.17, 15) is 10.2 Å². The molecular formula is C14H16O3. The summed E-state index contributed by atoms with van der Waals surface area (Å²) in [6.45, 7) is 0. The monoisotopic (exact) mass is 232 g/mol. The van der Waals surface area contributed by atoms with Crippen LogP contribution in [0, 0.1) is 5.92 Å². The zero-order valence-electron chi connectivity index (χ0n) is 9.76. The summed E-state index contributed by atoms with van der Waals surface area (Å²) >= 11 is 0. The molecule has 0 heterocycles. The fourth-order valence-corrected chi connectivity index (χ4v) is 3.14. The fourth-order valence-electron chi connectivity index (χ4n) is 3.14. The van der Waals surface area contributed by atoms with E-state index in [4.69, 9.17) is 4.74 Å². The average Bonchev–Trinajstić information content (AvgIpc) is 2.65. The maximum atomic E-state index is 10.3. The Morgan fingerprint density at radius 2 is 2.18 bits per heavy atom. The van der Waals surface area contributed by atoms with E-state index in [1.165, 1.54) is 0 Å². The molecule has 0 radical (unpaired) electrons. The van der Waals surface area contributed by atoms with Gasteiger partial charge in [0.05, 0.1) is 13.2 Å². The number of hydrogen-bond acceptors (Lipinski definition) is 3. The summed E-state index contributed by atoms with van der Waals surface area (Å²) < 4.78 is 5.14. The highest BCUT2D eigenvalue weighted by Gasteiger charge is 2.41. The van der Waals surface area contributed by atoms with Crippen LogP contribution in [-0.2, 0) is 0 Å². The third kappa shape index (κ3) is 1.39. The second kappa shape index (κ2) is 3.77. The number of methoxy groups -OCH3 is 1. The lowest BCUT2D eigenvalue weighted by Gasteiger charge is -2.23. The highest BCUT2D eigenvalue weighted by molar-refractivity contribution is 5.56. The number of rotatable bonds is 1. The van der Waals surface area contributed by atoms with Crippen molar-refractivity contribution in [2.24, 2.45) is 5.92 Å². The van der Waals surface area contributed by atoms with E-state index < -0.39 is 6.10 Å². The molecule has 0 unspecified atom stereocenters. The van der Waals surface area contributed by atoms with Gasteiger partial charge in [0.2, 0.25) is 0 Å². The lowest BCUT2D eigenvalue weighted by Crippen LogP contribution is -2.12. The summed E-state index contributed by atoms with van der Waals surface area (Å²) in [7, 11) is 1.55. The van der Waals surface area contributed by atoms with Crippen LogP contribution in [0.25, 0.3) is 0 Å². The van der Waals surface area contributed by atoms with Crippen molar-refractivity contribution in [3.8, 4) is 11.5 Å². The number of fused-ring (bicyclic) bond motifs is 3. The van der Waals surface area contributed by atoms with Gasteiger partial charge in [-0.05, 0) is 30.4 Å². The van der Waals surface area contributed by atoms with Crippen molar-refractivity contribution >= 4 is 0 Å². The van der Waals surface area contributed by atoms with Crippen molar-refractivity contribution in [1.29, 1.82) is 0 Å². The SMILES string of the molecule is COc1ccc2c(c1O)[C@H]1CCC=C[C@H]1[C@H]2O.